The maximum absolute atomic E-state index is 12.8. The Balaban J connectivity index is 2.52. The van der Waals surface area contributed by atoms with Crippen LogP contribution in [0.15, 0.2) is 29.0 Å². The molecule has 0 N–H and O–H groups in total. The Labute approximate surface area is 112 Å². The van der Waals surface area contributed by atoms with Gasteiger partial charge in [-0.3, -0.25) is 4.79 Å². The van der Waals surface area contributed by atoms with Gasteiger partial charge >= 0.3 is 6.18 Å². The van der Waals surface area contributed by atoms with Gasteiger partial charge in [-0.2, -0.15) is 24.5 Å². The number of hydrogen-bond donors (Lipinski definition) is 0. The number of alkyl halides is 3. The van der Waals surface area contributed by atoms with Crippen molar-refractivity contribution in [2.75, 3.05) is 0 Å². The lowest BCUT2D eigenvalue weighted by Crippen LogP contribution is -2.12. The molecular weight excluding hydrogens is 273 g/mol. The molecule has 0 amide bonds. The van der Waals surface area contributed by atoms with Crippen LogP contribution < -0.4 is 0 Å². The summed E-state index contributed by atoms with van der Waals surface area (Å²) < 4.78 is 38.4. The van der Waals surface area contributed by atoms with Gasteiger partial charge in [-0.1, -0.05) is 18.2 Å². The normalized spacial score (nSPS) is 11.6. The molecule has 0 saturated heterocycles. The SMILES string of the molecule is Cc1cccc(C(=O)c2cscc2C(F)(F)F)c1C. The minimum absolute atomic E-state index is 0.272. The van der Waals surface area contributed by atoms with Crippen LogP contribution in [0.5, 0.6) is 0 Å². The van der Waals surface area contributed by atoms with Crippen molar-refractivity contribution in [3.8, 4) is 0 Å². The first-order chi connectivity index (χ1) is 8.82. The molecule has 1 nitrogen and oxygen atoms in total. The Morgan fingerprint density at radius 2 is 1.79 bits per heavy atom. The fourth-order valence-corrected chi connectivity index (χ4v) is 2.67. The van der Waals surface area contributed by atoms with E-state index in [1.165, 1.54) is 5.38 Å². The van der Waals surface area contributed by atoms with Gasteiger partial charge in [0.15, 0.2) is 5.78 Å². The summed E-state index contributed by atoms with van der Waals surface area (Å²) in [6.45, 7) is 3.56. The van der Waals surface area contributed by atoms with Crippen LogP contribution in [0.2, 0.25) is 0 Å². The van der Waals surface area contributed by atoms with Gasteiger partial charge in [0.05, 0.1) is 5.56 Å². The molecule has 0 radical (unpaired) electrons. The summed E-state index contributed by atoms with van der Waals surface area (Å²) in [6.07, 6.45) is -4.50. The predicted octanol–water partition coefficient (Wildman–Crippen LogP) is 4.61. The van der Waals surface area contributed by atoms with Crippen LogP contribution >= 0.6 is 11.3 Å². The lowest BCUT2D eigenvalue weighted by atomic mass is 9.96. The Hall–Kier alpha value is -1.62. The minimum atomic E-state index is -4.50. The number of benzene rings is 1. The Kier molecular flexibility index (Phi) is 3.49. The van der Waals surface area contributed by atoms with Gasteiger partial charge in [-0.15, -0.1) is 0 Å². The zero-order valence-electron chi connectivity index (χ0n) is 10.3. The molecule has 0 unspecified atom stereocenters. The van der Waals surface area contributed by atoms with E-state index in [-0.39, 0.29) is 5.56 Å². The van der Waals surface area contributed by atoms with Crippen molar-refractivity contribution in [3.05, 3.63) is 56.8 Å². The third-order valence-corrected chi connectivity index (χ3v) is 3.80. The molecule has 0 aliphatic carbocycles. The van der Waals surface area contributed by atoms with E-state index in [4.69, 9.17) is 0 Å². The van der Waals surface area contributed by atoms with E-state index in [0.29, 0.717) is 11.1 Å². The molecule has 0 fully saturated rings. The second-order valence-corrected chi connectivity index (χ2v) is 5.02. The molecule has 0 atom stereocenters. The van der Waals surface area contributed by atoms with Crippen molar-refractivity contribution < 1.29 is 18.0 Å². The summed E-state index contributed by atoms with van der Waals surface area (Å²) >= 11 is 0.885. The summed E-state index contributed by atoms with van der Waals surface area (Å²) in [4.78, 5) is 12.3. The van der Waals surface area contributed by atoms with Crippen LogP contribution in [0.1, 0.15) is 32.6 Å². The second kappa shape index (κ2) is 4.81. The van der Waals surface area contributed by atoms with Crippen LogP contribution in [-0.2, 0) is 6.18 Å². The molecule has 1 heterocycles. The fraction of sp³-hybridized carbons (Fsp3) is 0.214. The highest BCUT2D eigenvalue weighted by atomic mass is 32.1. The number of carbonyl (C=O) groups is 1. The number of halogens is 3. The lowest BCUT2D eigenvalue weighted by molar-refractivity contribution is -0.137. The molecular formula is C14H11F3OS. The van der Waals surface area contributed by atoms with Crippen molar-refractivity contribution >= 4 is 17.1 Å². The van der Waals surface area contributed by atoms with Gasteiger partial charge < -0.3 is 0 Å². The molecule has 2 rings (SSSR count). The highest BCUT2D eigenvalue weighted by molar-refractivity contribution is 7.08. The van der Waals surface area contributed by atoms with E-state index in [9.17, 15) is 18.0 Å². The largest absolute Gasteiger partial charge is 0.417 e. The first-order valence-corrected chi connectivity index (χ1v) is 6.51. The molecule has 0 saturated carbocycles. The maximum atomic E-state index is 12.8. The van der Waals surface area contributed by atoms with Gasteiger partial charge in [-0.25, -0.2) is 0 Å². The lowest BCUT2D eigenvalue weighted by Gasteiger charge is -2.10. The topological polar surface area (TPSA) is 17.1 Å². The van der Waals surface area contributed by atoms with E-state index >= 15 is 0 Å². The van der Waals surface area contributed by atoms with Crippen LogP contribution in [0, 0.1) is 13.8 Å². The number of aryl methyl sites for hydroxylation is 1. The molecule has 2 aromatic rings. The smallest absolute Gasteiger partial charge is 0.289 e. The van der Waals surface area contributed by atoms with E-state index in [1.54, 1.807) is 19.1 Å². The van der Waals surface area contributed by atoms with Gasteiger partial charge in [0, 0.05) is 21.9 Å². The van der Waals surface area contributed by atoms with Crippen LogP contribution in [0.3, 0.4) is 0 Å². The molecule has 5 heteroatoms. The third kappa shape index (κ3) is 2.56. The summed E-state index contributed by atoms with van der Waals surface area (Å²) in [5.74, 6) is -0.574. The second-order valence-electron chi connectivity index (χ2n) is 4.27. The van der Waals surface area contributed by atoms with Crippen LogP contribution in [0.25, 0.3) is 0 Å². The number of carbonyl (C=O) groups excluding carboxylic acids is 1. The fourth-order valence-electron chi connectivity index (χ4n) is 1.83. The first-order valence-electron chi connectivity index (χ1n) is 5.56. The van der Waals surface area contributed by atoms with E-state index in [0.717, 1.165) is 22.3 Å². The van der Waals surface area contributed by atoms with Gasteiger partial charge in [0.1, 0.15) is 0 Å². The minimum Gasteiger partial charge on any atom is -0.289 e. The monoisotopic (exact) mass is 284 g/mol. The zero-order valence-corrected chi connectivity index (χ0v) is 11.2. The highest BCUT2D eigenvalue weighted by Crippen LogP contribution is 2.35. The highest BCUT2D eigenvalue weighted by Gasteiger charge is 2.36. The maximum Gasteiger partial charge on any atom is 0.417 e. The van der Waals surface area contributed by atoms with Gasteiger partial charge in [0.25, 0.3) is 0 Å². The van der Waals surface area contributed by atoms with Crippen LogP contribution in [-0.4, -0.2) is 5.78 Å². The van der Waals surface area contributed by atoms with Crippen molar-refractivity contribution in [1.29, 1.82) is 0 Å². The van der Waals surface area contributed by atoms with Crippen molar-refractivity contribution in [2.24, 2.45) is 0 Å². The van der Waals surface area contributed by atoms with E-state index in [1.807, 2.05) is 13.0 Å². The third-order valence-electron chi connectivity index (χ3n) is 3.06. The Bertz CT molecular complexity index is 626. The molecule has 0 aliphatic rings. The van der Waals surface area contributed by atoms with Crippen molar-refractivity contribution in [3.63, 3.8) is 0 Å². The van der Waals surface area contributed by atoms with Crippen LogP contribution in [0.4, 0.5) is 13.2 Å². The number of rotatable bonds is 2. The van der Waals surface area contributed by atoms with Gasteiger partial charge in [0.2, 0.25) is 0 Å². The zero-order chi connectivity index (χ0) is 14.2. The molecule has 0 bridgehead atoms. The van der Waals surface area contributed by atoms with Gasteiger partial charge in [-0.05, 0) is 25.0 Å². The standard InChI is InChI=1S/C14H11F3OS/c1-8-4-3-5-10(9(8)2)13(18)11-6-19-7-12(11)14(15,16)17/h3-7H,1-2H3. The molecule has 0 aliphatic heterocycles. The summed E-state index contributed by atoms with van der Waals surface area (Å²) in [7, 11) is 0. The number of hydrogen-bond acceptors (Lipinski definition) is 2. The van der Waals surface area contributed by atoms with Crippen molar-refractivity contribution in [2.45, 2.75) is 20.0 Å². The molecule has 0 spiro atoms. The molecule has 1 aromatic heterocycles. The Morgan fingerprint density at radius 3 is 2.42 bits per heavy atom. The van der Waals surface area contributed by atoms with E-state index in [2.05, 4.69) is 0 Å². The predicted molar refractivity (Wildman–Crippen MR) is 68.7 cm³/mol. The molecule has 100 valence electrons. The van der Waals surface area contributed by atoms with E-state index < -0.39 is 17.5 Å². The molecule has 1 aromatic carbocycles. The average Bonchev–Trinajstić information content (AvgIpc) is 2.80. The summed E-state index contributed by atoms with van der Waals surface area (Å²) in [5, 5.41) is 2.23. The Morgan fingerprint density at radius 1 is 1.11 bits per heavy atom. The first kappa shape index (κ1) is 13.8. The average molecular weight is 284 g/mol. The number of ketones is 1. The quantitative estimate of drug-likeness (QED) is 0.736. The summed E-state index contributed by atoms with van der Waals surface area (Å²) in [5.41, 5.74) is 0.792. The van der Waals surface area contributed by atoms with Crippen molar-refractivity contribution in [1.82, 2.24) is 0 Å². The molecule has 19 heavy (non-hydrogen) atoms. The summed E-state index contributed by atoms with van der Waals surface area (Å²) in [6, 6.07) is 5.06. The number of thiophene rings is 1.